The molecule has 0 amide bonds. The molecule has 0 saturated carbocycles. The molecule has 0 fully saturated rings. The molecule has 0 spiro atoms. The van der Waals surface area contributed by atoms with Crippen LogP contribution < -0.4 is 0 Å². The summed E-state index contributed by atoms with van der Waals surface area (Å²) in [4.78, 5) is 0. The Kier molecular flexibility index (Phi) is 3.35. The van der Waals surface area contributed by atoms with Crippen LogP contribution in [0.25, 0.3) is 5.69 Å². The van der Waals surface area contributed by atoms with Gasteiger partial charge in [-0.15, -0.1) is 0 Å². The lowest BCUT2D eigenvalue weighted by atomic mass is 10.1. The van der Waals surface area contributed by atoms with Crippen molar-refractivity contribution in [1.29, 1.82) is 0 Å². The first-order chi connectivity index (χ1) is 8.04. The molecule has 4 heteroatoms. The minimum atomic E-state index is 0.0763. The predicted molar refractivity (Wildman–Crippen MR) is 71.4 cm³/mol. The number of halogens is 1. The van der Waals surface area contributed by atoms with Gasteiger partial charge in [-0.2, -0.15) is 5.10 Å². The lowest BCUT2D eigenvalue weighted by molar-refractivity contribution is 0.281. The average molecular weight is 295 g/mol. The van der Waals surface area contributed by atoms with E-state index in [1.165, 1.54) is 0 Å². The van der Waals surface area contributed by atoms with Gasteiger partial charge in [0.25, 0.3) is 0 Å². The van der Waals surface area contributed by atoms with E-state index < -0.39 is 0 Å². The summed E-state index contributed by atoms with van der Waals surface area (Å²) in [5.41, 5.74) is 5.11. The SMILES string of the molecule is Cc1cc(-n2nc(C)c(Br)c2C)ccc1CO. The number of aryl methyl sites for hydroxylation is 2. The molecule has 0 aliphatic rings. The molecule has 2 aromatic rings. The third-order valence-corrected chi connectivity index (χ3v) is 4.09. The van der Waals surface area contributed by atoms with Crippen LogP contribution in [0.1, 0.15) is 22.5 Å². The van der Waals surface area contributed by atoms with Crippen LogP contribution in [0, 0.1) is 20.8 Å². The van der Waals surface area contributed by atoms with E-state index in [-0.39, 0.29) is 6.61 Å². The molecular formula is C13H15BrN2O. The van der Waals surface area contributed by atoms with Crippen molar-refractivity contribution < 1.29 is 5.11 Å². The number of aromatic nitrogens is 2. The van der Waals surface area contributed by atoms with Gasteiger partial charge >= 0.3 is 0 Å². The molecule has 17 heavy (non-hydrogen) atoms. The number of aliphatic hydroxyl groups is 1. The molecule has 0 aliphatic heterocycles. The molecule has 0 unspecified atom stereocenters. The zero-order chi connectivity index (χ0) is 12.6. The monoisotopic (exact) mass is 294 g/mol. The van der Waals surface area contributed by atoms with Gasteiger partial charge in [0.1, 0.15) is 0 Å². The fourth-order valence-electron chi connectivity index (χ4n) is 1.86. The van der Waals surface area contributed by atoms with Crippen LogP contribution >= 0.6 is 15.9 Å². The summed E-state index contributed by atoms with van der Waals surface area (Å²) in [5, 5.41) is 13.6. The van der Waals surface area contributed by atoms with Gasteiger partial charge in [0.15, 0.2) is 0 Å². The maximum atomic E-state index is 9.15. The van der Waals surface area contributed by atoms with Gasteiger partial charge in [0, 0.05) is 0 Å². The molecule has 1 N–H and O–H groups in total. The lowest BCUT2D eigenvalue weighted by Gasteiger charge is -2.08. The molecule has 0 atom stereocenters. The Bertz CT molecular complexity index is 561. The van der Waals surface area contributed by atoms with Crippen molar-refractivity contribution in [3.63, 3.8) is 0 Å². The summed E-state index contributed by atoms with van der Waals surface area (Å²) < 4.78 is 2.95. The summed E-state index contributed by atoms with van der Waals surface area (Å²) in [6.45, 7) is 6.07. The standard InChI is InChI=1S/C13H15BrN2O/c1-8-6-12(5-4-11(8)7-17)16-10(3)13(14)9(2)15-16/h4-6,17H,7H2,1-3H3. The molecule has 0 bridgehead atoms. The summed E-state index contributed by atoms with van der Waals surface area (Å²) >= 11 is 3.52. The van der Waals surface area contributed by atoms with E-state index in [0.29, 0.717) is 0 Å². The van der Waals surface area contributed by atoms with E-state index in [1.54, 1.807) is 0 Å². The zero-order valence-electron chi connectivity index (χ0n) is 10.2. The third-order valence-electron chi connectivity index (χ3n) is 2.94. The molecule has 1 aromatic heterocycles. The van der Waals surface area contributed by atoms with E-state index in [9.17, 15) is 0 Å². The van der Waals surface area contributed by atoms with Gasteiger partial charge in [0.05, 0.1) is 28.2 Å². The minimum Gasteiger partial charge on any atom is -0.392 e. The summed E-state index contributed by atoms with van der Waals surface area (Å²) in [6, 6.07) is 5.96. The largest absolute Gasteiger partial charge is 0.392 e. The van der Waals surface area contributed by atoms with Gasteiger partial charge in [0.2, 0.25) is 0 Å². The predicted octanol–water partition coefficient (Wildman–Crippen LogP) is 3.05. The zero-order valence-corrected chi connectivity index (χ0v) is 11.7. The molecule has 1 heterocycles. The number of benzene rings is 1. The van der Waals surface area contributed by atoms with Crippen molar-refractivity contribution in [2.75, 3.05) is 0 Å². The first kappa shape index (κ1) is 12.3. The highest BCUT2D eigenvalue weighted by molar-refractivity contribution is 9.10. The minimum absolute atomic E-state index is 0.0763. The second-order valence-electron chi connectivity index (χ2n) is 4.17. The Balaban J connectivity index is 2.53. The molecule has 1 aromatic carbocycles. The number of aliphatic hydroxyl groups excluding tert-OH is 1. The summed E-state index contributed by atoms with van der Waals surface area (Å²) in [6.07, 6.45) is 0. The smallest absolute Gasteiger partial charge is 0.0743 e. The molecule has 90 valence electrons. The topological polar surface area (TPSA) is 38.0 Å². The maximum Gasteiger partial charge on any atom is 0.0743 e. The molecule has 0 radical (unpaired) electrons. The van der Waals surface area contributed by atoms with E-state index >= 15 is 0 Å². The van der Waals surface area contributed by atoms with Crippen molar-refractivity contribution in [2.45, 2.75) is 27.4 Å². The Labute approximate surface area is 109 Å². The van der Waals surface area contributed by atoms with Gasteiger partial charge in [-0.1, -0.05) is 6.07 Å². The van der Waals surface area contributed by atoms with Crippen LogP contribution in [0.4, 0.5) is 0 Å². The van der Waals surface area contributed by atoms with Crippen LogP contribution in [0.2, 0.25) is 0 Å². The molecular weight excluding hydrogens is 280 g/mol. The highest BCUT2D eigenvalue weighted by Gasteiger charge is 2.10. The van der Waals surface area contributed by atoms with Gasteiger partial charge in [-0.3, -0.25) is 0 Å². The Morgan fingerprint density at radius 1 is 1.29 bits per heavy atom. The number of rotatable bonds is 2. The molecule has 2 rings (SSSR count). The van der Waals surface area contributed by atoms with Crippen LogP contribution in [0.3, 0.4) is 0 Å². The summed E-state index contributed by atoms with van der Waals surface area (Å²) in [7, 11) is 0. The average Bonchev–Trinajstić information content (AvgIpc) is 2.57. The Morgan fingerprint density at radius 3 is 2.47 bits per heavy atom. The molecule has 3 nitrogen and oxygen atoms in total. The second-order valence-corrected chi connectivity index (χ2v) is 4.96. The quantitative estimate of drug-likeness (QED) is 0.924. The van der Waals surface area contributed by atoms with E-state index in [2.05, 4.69) is 21.0 Å². The molecule has 0 saturated heterocycles. The fourth-order valence-corrected chi connectivity index (χ4v) is 2.11. The van der Waals surface area contributed by atoms with E-state index in [1.807, 2.05) is 43.7 Å². The Morgan fingerprint density at radius 2 is 2.00 bits per heavy atom. The van der Waals surface area contributed by atoms with Gasteiger partial charge in [-0.25, -0.2) is 4.68 Å². The number of hydrogen-bond donors (Lipinski definition) is 1. The lowest BCUT2D eigenvalue weighted by Crippen LogP contribution is -2.00. The highest BCUT2D eigenvalue weighted by Crippen LogP contribution is 2.24. The number of hydrogen-bond acceptors (Lipinski definition) is 2. The Hall–Kier alpha value is -1.13. The van der Waals surface area contributed by atoms with Crippen LogP contribution in [0.5, 0.6) is 0 Å². The maximum absolute atomic E-state index is 9.15. The van der Waals surface area contributed by atoms with Crippen molar-refractivity contribution in [1.82, 2.24) is 9.78 Å². The molecule has 0 aliphatic carbocycles. The second kappa shape index (κ2) is 4.63. The first-order valence-corrected chi connectivity index (χ1v) is 6.26. The van der Waals surface area contributed by atoms with E-state index in [0.717, 1.165) is 32.7 Å². The van der Waals surface area contributed by atoms with Crippen LogP contribution in [-0.2, 0) is 6.61 Å². The van der Waals surface area contributed by atoms with Gasteiger partial charge < -0.3 is 5.11 Å². The van der Waals surface area contributed by atoms with Crippen LogP contribution in [-0.4, -0.2) is 14.9 Å². The third kappa shape index (κ3) is 2.15. The van der Waals surface area contributed by atoms with Gasteiger partial charge in [-0.05, 0) is 60.0 Å². The fraction of sp³-hybridized carbons (Fsp3) is 0.308. The van der Waals surface area contributed by atoms with E-state index in [4.69, 9.17) is 5.11 Å². The number of nitrogens with zero attached hydrogens (tertiary/aromatic N) is 2. The van der Waals surface area contributed by atoms with Crippen molar-refractivity contribution in [2.24, 2.45) is 0 Å². The highest BCUT2D eigenvalue weighted by atomic mass is 79.9. The summed E-state index contributed by atoms with van der Waals surface area (Å²) in [5.74, 6) is 0. The van der Waals surface area contributed by atoms with Crippen molar-refractivity contribution in [3.8, 4) is 5.69 Å². The van der Waals surface area contributed by atoms with Crippen molar-refractivity contribution >= 4 is 15.9 Å². The van der Waals surface area contributed by atoms with Crippen LogP contribution in [0.15, 0.2) is 22.7 Å². The van der Waals surface area contributed by atoms with Crippen molar-refractivity contribution in [3.05, 3.63) is 45.2 Å². The normalized spacial score (nSPS) is 10.9. The first-order valence-electron chi connectivity index (χ1n) is 5.47.